The van der Waals surface area contributed by atoms with Gasteiger partial charge in [-0.1, -0.05) is 47.6 Å². The number of hydrogen-bond acceptors (Lipinski definition) is 6. The van der Waals surface area contributed by atoms with E-state index in [0.717, 1.165) is 16.9 Å². The number of nitrogens with zero attached hydrogens (tertiary/aromatic N) is 2. The number of benzene rings is 2. The van der Waals surface area contributed by atoms with Crippen molar-refractivity contribution in [2.45, 2.75) is 13.5 Å². The molecule has 0 radical (unpaired) electrons. The van der Waals surface area contributed by atoms with Crippen LogP contribution in [0, 0.1) is 6.92 Å². The molecule has 1 aliphatic heterocycles. The summed E-state index contributed by atoms with van der Waals surface area (Å²) in [5, 5.41) is 16.6. The smallest absolute Gasteiger partial charge is 0.280 e. The molecular formula is C18H18N2O4. The third kappa shape index (κ3) is 3.48. The molecule has 0 aromatic heterocycles. The topological polar surface area (TPSA) is 72.6 Å². The zero-order chi connectivity index (χ0) is 16.8. The zero-order valence-electron chi connectivity index (χ0n) is 13.3. The Bertz CT molecular complexity index is 771. The van der Waals surface area contributed by atoms with Crippen LogP contribution in [0.2, 0.25) is 0 Å². The number of ether oxygens (including phenoxy) is 2. The summed E-state index contributed by atoms with van der Waals surface area (Å²) in [4.78, 5) is 5.01. The van der Waals surface area contributed by atoms with E-state index in [-0.39, 0.29) is 11.6 Å². The van der Waals surface area contributed by atoms with Crippen LogP contribution in [0.15, 0.2) is 58.8 Å². The molecule has 1 heterocycles. The second-order valence-electron chi connectivity index (χ2n) is 5.24. The van der Waals surface area contributed by atoms with E-state index in [1.165, 1.54) is 0 Å². The summed E-state index contributed by atoms with van der Waals surface area (Å²) in [7, 11) is 0. The Labute approximate surface area is 140 Å². The Morgan fingerprint density at radius 2 is 1.96 bits per heavy atom. The van der Waals surface area contributed by atoms with Crippen LogP contribution in [0.1, 0.15) is 16.7 Å². The van der Waals surface area contributed by atoms with Gasteiger partial charge in [-0.15, -0.1) is 0 Å². The molecule has 0 bridgehead atoms. The first-order valence-corrected chi connectivity index (χ1v) is 7.61. The lowest BCUT2D eigenvalue weighted by atomic mass is 10.0. The van der Waals surface area contributed by atoms with Gasteiger partial charge in [0.05, 0.1) is 0 Å². The Kier molecular flexibility index (Phi) is 4.96. The van der Waals surface area contributed by atoms with Gasteiger partial charge < -0.3 is 19.5 Å². The highest BCUT2D eigenvalue weighted by Crippen LogP contribution is 2.20. The fourth-order valence-corrected chi connectivity index (χ4v) is 2.38. The summed E-state index contributed by atoms with van der Waals surface area (Å²) in [6, 6.07) is 15.3. The van der Waals surface area contributed by atoms with Crippen LogP contribution >= 0.6 is 0 Å². The highest BCUT2D eigenvalue weighted by molar-refractivity contribution is 6.45. The molecule has 2 aromatic rings. The van der Waals surface area contributed by atoms with E-state index >= 15 is 0 Å². The third-order valence-electron chi connectivity index (χ3n) is 3.61. The van der Waals surface area contributed by atoms with Gasteiger partial charge in [-0.05, 0) is 29.3 Å². The van der Waals surface area contributed by atoms with Crippen LogP contribution in [-0.2, 0) is 16.2 Å². The monoisotopic (exact) mass is 326 g/mol. The second-order valence-corrected chi connectivity index (χ2v) is 5.24. The lowest BCUT2D eigenvalue weighted by Gasteiger charge is -2.16. The highest BCUT2D eigenvalue weighted by Gasteiger charge is 2.21. The molecule has 24 heavy (non-hydrogen) atoms. The maximum absolute atomic E-state index is 9.42. The van der Waals surface area contributed by atoms with Crippen LogP contribution in [0.25, 0.3) is 0 Å². The molecule has 0 saturated heterocycles. The van der Waals surface area contributed by atoms with Gasteiger partial charge in [-0.3, -0.25) is 0 Å². The number of rotatable bonds is 5. The van der Waals surface area contributed by atoms with Crippen molar-refractivity contribution in [1.82, 2.24) is 0 Å². The van der Waals surface area contributed by atoms with Gasteiger partial charge >= 0.3 is 0 Å². The molecule has 0 amide bonds. The van der Waals surface area contributed by atoms with E-state index in [0.29, 0.717) is 25.4 Å². The van der Waals surface area contributed by atoms with Crippen molar-refractivity contribution in [3.05, 3.63) is 65.2 Å². The molecule has 124 valence electrons. The molecule has 1 aliphatic rings. The second kappa shape index (κ2) is 7.50. The standard InChI is InChI=1S/C18H18N2O4/c1-13-6-2-5-9-16(13)23-12-14-7-3-4-8-15(14)17(19-21)18-20-24-11-10-22-18/h2-9,21H,10-12H2,1H3. The molecule has 0 spiro atoms. The summed E-state index contributed by atoms with van der Waals surface area (Å²) >= 11 is 0. The number of hydrogen-bond donors (Lipinski definition) is 1. The van der Waals surface area contributed by atoms with E-state index in [2.05, 4.69) is 10.3 Å². The Balaban J connectivity index is 1.85. The first-order valence-electron chi connectivity index (χ1n) is 7.61. The van der Waals surface area contributed by atoms with Crippen LogP contribution in [0.3, 0.4) is 0 Å². The van der Waals surface area contributed by atoms with Crippen LogP contribution in [0.4, 0.5) is 0 Å². The van der Waals surface area contributed by atoms with Crippen molar-refractivity contribution < 1.29 is 19.5 Å². The van der Waals surface area contributed by atoms with E-state index < -0.39 is 0 Å². The van der Waals surface area contributed by atoms with Crippen molar-refractivity contribution in [1.29, 1.82) is 0 Å². The van der Waals surface area contributed by atoms with Crippen molar-refractivity contribution >= 4 is 11.6 Å². The van der Waals surface area contributed by atoms with Gasteiger partial charge in [0.25, 0.3) is 5.90 Å². The van der Waals surface area contributed by atoms with E-state index in [4.69, 9.17) is 14.3 Å². The molecule has 0 atom stereocenters. The fourth-order valence-electron chi connectivity index (χ4n) is 2.38. The predicted molar refractivity (Wildman–Crippen MR) is 89.6 cm³/mol. The molecular weight excluding hydrogens is 308 g/mol. The highest BCUT2D eigenvalue weighted by atomic mass is 16.7. The minimum absolute atomic E-state index is 0.159. The lowest BCUT2D eigenvalue weighted by molar-refractivity contribution is 0.0674. The minimum Gasteiger partial charge on any atom is -0.489 e. The Morgan fingerprint density at radius 3 is 2.71 bits per heavy atom. The zero-order valence-corrected chi connectivity index (χ0v) is 13.3. The molecule has 0 fully saturated rings. The summed E-state index contributed by atoms with van der Waals surface area (Å²) in [6.45, 7) is 3.05. The van der Waals surface area contributed by atoms with Crippen molar-refractivity contribution in [3.63, 3.8) is 0 Å². The molecule has 0 unspecified atom stereocenters. The maximum Gasteiger partial charge on any atom is 0.280 e. The Morgan fingerprint density at radius 1 is 1.17 bits per heavy atom. The van der Waals surface area contributed by atoms with Gasteiger partial charge in [0.2, 0.25) is 0 Å². The largest absolute Gasteiger partial charge is 0.489 e. The SMILES string of the molecule is Cc1ccccc1OCc1ccccc1C(=NO)C1=NOCCO1. The summed E-state index contributed by atoms with van der Waals surface area (Å²) < 4.78 is 11.3. The lowest BCUT2D eigenvalue weighted by Crippen LogP contribution is -2.26. The molecule has 0 aliphatic carbocycles. The average molecular weight is 326 g/mol. The summed E-state index contributed by atoms with van der Waals surface area (Å²) in [5.74, 6) is 0.969. The van der Waals surface area contributed by atoms with Gasteiger partial charge in [0, 0.05) is 5.56 Å². The number of aryl methyl sites for hydroxylation is 1. The van der Waals surface area contributed by atoms with Gasteiger partial charge in [-0.2, -0.15) is 0 Å². The first kappa shape index (κ1) is 15.9. The van der Waals surface area contributed by atoms with Crippen molar-refractivity contribution in [2.75, 3.05) is 13.2 Å². The van der Waals surface area contributed by atoms with E-state index in [1.807, 2.05) is 55.5 Å². The molecule has 2 aromatic carbocycles. The van der Waals surface area contributed by atoms with Crippen molar-refractivity contribution in [2.24, 2.45) is 10.3 Å². The van der Waals surface area contributed by atoms with E-state index in [1.54, 1.807) is 0 Å². The Hall–Kier alpha value is -3.02. The van der Waals surface area contributed by atoms with Gasteiger partial charge in [-0.25, -0.2) is 0 Å². The summed E-state index contributed by atoms with van der Waals surface area (Å²) in [6.07, 6.45) is 0. The number of oxime groups is 2. The molecule has 6 heteroatoms. The van der Waals surface area contributed by atoms with Crippen LogP contribution < -0.4 is 4.74 Å². The fraction of sp³-hybridized carbons (Fsp3) is 0.222. The average Bonchev–Trinajstić information content (AvgIpc) is 2.64. The quantitative estimate of drug-likeness (QED) is 0.520. The predicted octanol–water partition coefficient (Wildman–Crippen LogP) is 3.11. The molecule has 0 saturated carbocycles. The maximum atomic E-state index is 9.42. The molecule has 3 rings (SSSR count). The number of para-hydroxylation sites is 1. The first-order chi connectivity index (χ1) is 11.8. The van der Waals surface area contributed by atoms with Crippen LogP contribution in [-0.4, -0.2) is 30.0 Å². The molecule has 1 N–H and O–H groups in total. The van der Waals surface area contributed by atoms with Crippen molar-refractivity contribution in [3.8, 4) is 5.75 Å². The van der Waals surface area contributed by atoms with Gasteiger partial charge in [0.15, 0.2) is 12.3 Å². The normalized spacial score (nSPS) is 14.4. The third-order valence-corrected chi connectivity index (χ3v) is 3.61. The van der Waals surface area contributed by atoms with Crippen LogP contribution in [0.5, 0.6) is 5.75 Å². The minimum atomic E-state index is 0.159. The summed E-state index contributed by atoms with van der Waals surface area (Å²) in [5.41, 5.74) is 2.81. The molecule has 6 nitrogen and oxygen atoms in total. The van der Waals surface area contributed by atoms with Gasteiger partial charge in [0.1, 0.15) is 19.0 Å². The van der Waals surface area contributed by atoms with E-state index in [9.17, 15) is 5.21 Å².